The lowest BCUT2D eigenvalue weighted by molar-refractivity contribution is -0.117. The summed E-state index contributed by atoms with van der Waals surface area (Å²) in [5.74, 6) is 2.82. The lowest BCUT2D eigenvalue weighted by atomic mass is 9.43. The first kappa shape index (κ1) is 25.7. The highest BCUT2D eigenvalue weighted by Gasteiger charge is 2.60. The molecule has 4 saturated carbocycles. The Kier molecular flexibility index (Phi) is 6.74. The Hall–Kier alpha value is -1.91. The third-order valence-corrected chi connectivity index (χ3v) is 11.9. The van der Waals surface area contributed by atoms with Gasteiger partial charge in [0.05, 0.1) is 0 Å². The number of nitrogens with zero attached hydrogens (tertiary/aromatic N) is 1. The second kappa shape index (κ2) is 9.44. The van der Waals surface area contributed by atoms with E-state index in [2.05, 4.69) is 32.7 Å². The number of aromatic nitrogens is 1. The molecule has 4 aliphatic rings. The van der Waals surface area contributed by atoms with Gasteiger partial charge in [0, 0.05) is 0 Å². The predicted molar refractivity (Wildman–Crippen MR) is 140 cm³/mol. The van der Waals surface area contributed by atoms with Crippen molar-refractivity contribution in [1.29, 1.82) is 0 Å². The van der Waals surface area contributed by atoms with Gasteiger partial charge in [0.25, 0.3) is 0 Å². The topological polar surface area (TPSA) is 87.5 Å². The van der Waals surface area contributed by atoms with Crippen molar-refractivity contribution in [3.8, 4) is 0 Å². The number of rotatable bonds is 6. The van der Waals surface area contributed by atoms with Gasteiger partial charge in [-0.2, -0.15) is 0 Å². The molecule has 1 aromatic rings. The minimum atomic E-state index is -1.16. The Morgan fingerprint density at radius 2 is 1.58 bits per heavy atom. The van der Waals surface area contributed by atoms with E-state index in [1.165, 1.54) is 51.4 Å². The molecule has 1 aromatic heterocycles. The maximum absolute atomic E-state index is 11.6. The van der Waals surface area contributed by atoms with Crippen LogP contribution in [0.2, 0.25) is 0 Å². The highest BCUT2D eigenvalue weighted by Crippen LogP contribution is 2.69. The zero-order valence-electron chi connectivity index (χ0n) is 22.6. The number of fused-ring (bicyclic) bond motifs is 5. The molecule has 5 nitrogen and oxygen atoms in total. The molecule has 36 heavy (non-hydrogen) atoms. The van der Waals surface area contributed by atoms with Gasteiger partial charge in [-0.25, -0.2) is 14.6 Å². The van der Waals surface area contributed by atoms with E-state index in [4.69, 9.17) is 0 Å². The zero-order chi connectivity index (χ0) is 25.8. The minimum absolute atomic E-state index is 0.151. The van der Waals surface area contributed by atoms with Gasteiger partial charge >= 0.3 is 11.9 Å². The Labute approximate surface area is 216 Å². The van der Waals surface area contributed by atoms with Crippen molar-refractivity contribution in [2.75, 3.05) is 0 Å². The number of carbonyl (C=O) groups is 2. The standard InChI is InChI=1S/C31H45NO4/c1-5-6-18(2)23-9-10-24-22-8-7-21-15-19(11-13-30(21,3)25(22)12-14-31(23,24)4)20-16-26(28(33)34)32-27(17-20)29(35)36/h16-19,21-25H,5-15H2,1-4H3,(H,33,34)(H,35,36)/t18-,19?,21?,22?,23-,24?,25?,30+,31-/m1/s1. The van der Waals surface area contributed by atoms with Crippen LogP contribution >= 0.6 is 0 Å². The first-order valence-corrected chi connectivity index (χ1v) is 14.6. The van der Waals surface area contributed by atoms with Gasteiger partial charge in [-0.3, -0.25) is 0 Å². The van der Waals surface area contributed by atoms with E-state index in [-0.39, 0.29) is 17.3 Å². The number of carboxylic acids is 2. The summed E-state index contributed by atoms with van der Waals surface area (Å²) in [4.78, 5) is 27.1. The van der Waals surface area contributed by atoms with Gasteiger partial charge in [0.2, 0.25) is 0 Å². The molecule has 4 aliphatic carbocycles. The molecule has 0 spiro atoms. The summed E-state index contributed by atoms with van der Waals surface area (Å²) in [6, 6.07) is 3.24. The van der Waals surface area contributed by atoms with Crippen LogP contribution in [0.1, 0.15) is 131 Å². The number of aromatic carboxylic acids is 2. The van der Waals surface area contributed by atoms with E-state index in [0.717, 1.165) is 54.4 Å². The van der Waals surface area contributed by atoms with Crippen LogP contribution in [0.5, 0.6) is 0 Å². The third-order valence-electron chi connectivity index (χ3n) is 11.9. The lowest BCUT2D eigenvalue weighted by Crippen LogP contribution is -2.53. The van der Waals surface area contributed by atoms with Crippen LogP contribution in [0, 0.1) is 46.3 Å². The van der Waals surface area contributed by atoms with Gasteiger partial charge in [-0.1, -0.05) is 40.5 Å². The van der Waals surface area contributed by atoms with Gasteiger partial charge in [0.15, 0.2) is 0 Å². The molecule has 0 aliphatic heterocycles. The molecule has 5 unspecified atom stereocenters. The molecular formula is C31H45NO4. The SMILES string of the molecule is CCC[C@@H](C)[C@H]1CCC2C3CCC4CC(c5cc(C(=O)O)nc(C(=O)O)c5)CC[C@]4(C)C3CC[C@@]21C. The van der Waals surface area contributed by atoms with Crippen molar-refractivity contribution >= 4 is 11.9 Å². The van der Waals surface area contributed by atoms with Crippen molar-refractivity contribution in [1.82, 2.24) is 4.98 Å². The Balaban J connectivity index is 1.35. The summed E-state index contributed by atoms with van der Waals surface area (Å²) in [5, 5.41) is 19.0. The molecule has 2 N–H and O–H groups in total. The van der Waals surface area contributed by atoms with Crippen LogP contribution in [-0.4, -0.2) is 27.1 Å². The molecule has 4 fully saturated rings. The Morgan fingerprint density at radius 3 is 2.22 bits per heavy atom. The normalized spacial score (nSPS) is 40.6. The van der Waals surface area contributed by atoms with Crippen molar-refractivity contribution in [3.05, 3.63) is 29.1 Å². The number of pyridine rings is 1. The quantitative estimate of drug-likeness (QED) is 0.423. The van der Waals surface area contributed by atoms with Crippen LogP contribution < -0.4 is 0 Å². The second-order valence-electron chi connectivity index (χ2n) is 13.4. The Morgan fingerprint density at radius 1 is 0.944 bits per heavy atom. The van der Waals surface area contributed by atoms with E-state index < -0.39 is 11.9 Å². The molecule has 5 rings (SSSR count). The average molecular weight is 496 g/mol. The van der Waals surface area contributed by atoms with Gasteiger partial charge in [0.1, 0.15) is 11.4 Å². The highest BCUT2D eigenvalue weighted by molar-refractivity contribution is 5.90. The first-order chi connectivity index (χ1) is 17.1. The zero-order valence-corrected chi connectivity index (χ0v) is 22.6. The van der Waals surface area contributed by atoms with Crippen molar-refractivity contribution in [2.45, 2.75) is 104 Å². The summed E-state index contributed by atoms with van der Waals surface area (Å²) >= 11 is 0. The molecule has 5 heteroatoms. The molecule has 9 atom stereocenters. The van der Waals surface area contributed by atoms with Gasteiger partial charge in [-0.05, 0) is 128 Å². The van der Waals surface area contributed by atoms with Crippen LogP contribution in [0.25, 0.3) is 0 Å². The van der Waals surface area contributed by atoms with Crippen LogP contribution in [0.4, 0.5) is 0 Å². The summed E-state index contributed by atoms with van der Waals surface area (Å²) < 4.78 is 0. The van der Waals surface area contributed by atoms with E-state index in [0.29, 0.717) is 16.7 Å². The summed E-state index contributed by atoms with van der Waals surface area (Å²) in [6.45, 7) is 10.1. The molecule has 0 radical (unpaired) electrons. The Bertz CT molecular complexity index is 990. The van der Waals surface area contributed by atoms with Crippen LogP contribution in [-0.2, 0) is 0 Å². The molecule has 198 valence electrons. The lowest BCUT2D eigenvalue weighted by Gasteiger charge is -2.61. The second-order valence-corrected chi connectivity index (χ2v) is 13.4. The number of carboxylic acid groups (broad SMARTS) is 2. The molecule has 0 aromatic carbocycles. The largest absolute Gasteiger partial charge is 0.477 e. The number of hydrogen-bond donors (Lipinski definition) is 2. The average Bonchev–Trinajstić information content (AvgIpc) is 3.20. The first-order valence-electron chi connectivity index (χ1n) is 14.6. The van der Waals surface area contributed by atoms with Gasteiger partial charge < -0.3 is 10.2 Å². The monoisotopic (exact) mass is 495 g/mol. The maximum Gasteiger partial charge on any atom is 0.354 e. The van der Waals surface area contributed by atoms with Gasteiger partial charge in [-0.15, -0.1) is 0 Å². The molecular weight excluding hydrogens is 450 g/mol. The van der Waals surface area contributed by atoms with Crippen molar-refractivity contribution in [3.63, 3.8) is 0 Å². The van der Waals surface area contributed by atoms with Crippen LogP contribution in [0.15, 0.2) is 12.1 Å². The summed E-state index contributed by atoms with van der Waals surface area (Å²) in [7, 11) is 0. The fraction of sp³-hybridized carbons (Fsp3) is 0.774. The summed E-state index contributed by atoms with van der Waals surface area (Å²) in [6.07, 6.45) is 14.1. The smallest absolute Gasteiger partial charge is 0.354 e. The highest BCUT2D eigenvalue weighted by atomic mass is 16.4. The number of hydrogen-bond acceptors (Lipinski definition) is 3. The fourth-order valence-corrected chi connectivity index (χ4v) is 10.2. The fourth-order valence-electron chi connectivity index (χ4n) is 10.2. The van der Waals surface area contributed by atoms with Crippen molar-refractivity contribution in [2.24, 2.45) is 46.3 Å². The molecule has 0 saturated heterocycles. The predicted octanol–water partition coefficient (Wildman–Crippen LogP) is 7.66. The van der Waals surface area contributed by atoms with E-state index in [1.807, 2.05) is 0 Å². The molecule has 0 bridgehead atoms. The van der Waals surface area contributed by atoms with E-state index >= 15 is 0 Å². The summed E-state index contributed by atoms with van der Waals surface area (Å²) in [5.41, 5.74) is 1.42. The third kappa shape index (κ3) is 4.09. The van der Waals surface area contributed by atoms with E-state index in [9.17, 15) is 19.8 Å². The molecule has 1 heterocycles. The van der Waals surface area contributed by atoms with E-state index in [1.54, 1.807) is 12.1 Å². The van der Waals surface area contributed by atoms with Crippen molar-refractivity contribution < 1.29 is 19.8 Å². The molecule has 0 amide bonds. The minimum Gasteiger partial charge on any atom is -0.477 e. The maximum atomic E-state index is 11.6. The van der Waals surface area contributed by atoms with Crippen LogP contribution in [0.3, 0.4) is 0 Å².